The summed E-state index contributed by atoms with van der Waals surface area (Å²) < 4.78 is 32.4. The second-order valence-electron chi connectivity index (χ2n) is 4.38. The zero-order valence-corrected chi connectivity index (χ0v) is 9.77. The fourth-order valence-corrected chi connectivity index (χ4v) is 2.23. The molecule has 0 spiro atoms. The summed E-state index contributed by atoms with van der Waals surface area (Å²) in [5.74, 6) is -1.65. The van der Waals surface area contributed by atoms with Crippen LogP contribution in [0.15, 0.2) is 12.4 Å². The van der Waals surface area contributed by atoms with Gasteiger partial charge in [-0.15, -0.1) is 0 Å². The SMILES string of the molecule is COCCN1C[C@@H](N)[C@H](n2cc(F)c(F)c2)C1. The molecule has 2 rings (SSSR count). The molecule has 0 aromatic carbocycles. The lowest BCUT2D eigenvalue weighted by atomic mass is 10.2. The molecule has 96 valence electrons. The molecule has 4 nitrogen and oxygen atoms in total. The molecule has 1 aromatic rings. The van der Waals surface area contributed by atoms with Gasteiger partial charge < -0.3 is 15.0 Å². The van der Waals surface area contributed by atoms with E-state index in [1.165, 1.54) is 17.0 Å². The van der Waals surface area contributed by atoms with Crippen LogP contribution < -0.4 is 5.73 Å². The molecule has 1 aliphatic heterocycles. The predicted molar refractivity (Wildman–Crippen MR) is 59.7 cm³/mol. The largest absolute Gasteiger partial charge is 0.383 e. The number of hydrogen-bond donors (Lipinski definition) is 1. The summed E-state index contributed by atoms with van der Waals surface area (Å²) in [4.78, 5) is 2.13. The van der Waals surface area contributed by atoms with Gasteiger partial charge in [0.05, 0.1) is 12.6 Å². The third-order valence-corrected chi connectivity index (χ3v) is 3.16. The van der Waals surface area contributed by atoms with Crippen molar-refractivity contribution in [2.45, 2.75) is 12.1 Å². The van der Waals surface area contributed by atoms with Crippen LogP contribution >= 0.6 is 0 Å². The van der Waals surface area contributed by atoms with Gasteiger partial charge in [-0.2, -0.15) is 0 Å². The molecule has 0 bridgehead atoms. The molecule has 17 heavy (non-hydrogen) atoms. The Bertz CT molecular complexity index is 363. The van der Waals surface area contributed by atoms with Crippen molar-refractivity contribution < 1.29 is 13.5 Å². The number of rotatable bonds is 4. The topological polar surface area (TPSA) is 43.4 Å². The van der Waals surface area contributed by atoms with E-state index in [0.29, 0.717) is 13.2 Å². The van der Waals surface area contributed by atoms with Crippen LogP contribution in [0, 0.1) is 11.6 Å². The Morgan fingerprint density at radius 3 is 2.59 bits per heavy atom. The van der Waals surface area contributed by atoms with E-state index in [1.54, 1.807) is 7.11 Å². The van der Waals surface area contributed by atoms with Crippen LogP contribution in [-0.4, -0.2) is 48.9 Å². The van der Waals surface area contributed by atoms with Crippen LogP contribution in [-0.2, 0) is 4.74 Å². The molecule has 1 fully saturated rings. The van der Waals surface area contributed by atoms with Crippen molar-refractivity contribution in [3.05, 3.63) is 24.0 Å². The number of nitrogens with zero attached hydrogens (tertiary/aromatic N) is 2. The highest BCUT2D eigenvalue weighted by molar-refractivity contribution is 5.04. The quantitative estimate of drug-likeness (QED) is 0.844. The average Bonchev–Trinajstić information content (AvgIpc) is 2.80. The predicted octanol–water partition coefficient (Wildman–Crippen LogP) is 0.597. The van der Waals surface area contributed by atoms with Crippen LogP contribution in [0.4, 0.5) is 8.78 Å². The van der Waals surface area contributed by atoms with Crippen molar-refractivity contribution in [3.63, 3.8) is 0 Å². The number of halogens is 2. The van der Waals surface area contributed by atoms with Crippen molar-refractivity contribution in [3.8, 4) is 0 Å². The fourth-order valence-electron chi connectivity index (χ4n) is 2.23. The molecule has 2 heterocycles. The highest BCUT2D eigenvalue weighted by Crippen LogP contribution is 2.22. The Kier molecular flexibility index (Phi) is 3.76. The zero-order chi connectivity index (χ0) is 12.4. The van der Waals surface area contributed by atoms with Gasteiger partial charge in [-0.1, -0.05) is 0 Å². The van der Waals surface area contributed by atoms with E-state index < -0.39 is 11.6 Å². The summed E-state index contributed by atoms with van der Waals surface area (Å²) in [6.45, 7) is 2.83. The summed E-state index contributed by atoms with van der Waals surface area (Å²) in [5, 5.41) is 0. The number of hydrogen-bond acceptors (Lipinski definition) is 3. The van der Waals surface area contributed by atoms with Crippen molar-refractivity contribution in [2.24, 2.45) is 5.73 Å². The second-order valence-corrected chi connectivity index (χ2v) is 4.38. The third kappa shape index (κ3) is 2.65. The molecule has 0 aliphatic carbocycles. The van der Waals surface area contributed by atoms with Gasteiger partial charge in [-0.25, -0.2) is 8.78 Å². The number of methoxy groups -OCH3 is 1. The minimum Gasteiger partial charge on any atom is -0.383 e. The number of ether oxygens (including phenoxy) is 1. The number of likely N-dealkylation sites (tertiary alicyclic amines) is 1. The average molecular weight is 245 g/mol. The third-order valence-electron chi connectivity index (χ3n) is 3.16. The van der Waals surface area contributed by atoms with E-state index in [-0.39, 0.29) is 12.1 Å². The zero-order valence-electron chi connectivity index (χ0n) is 9.77. The standard InChI is InChI=1S/C11H17F2N3O/c1-17-3-2-15-6-10(14)11(7-15)16-4-8(12)9(13)5-16/h4-5,10-11H,2-3,6-7,14H2,1H3/t10-,11-/m1/s1. The van der Waals surface area contributed by atoms with Crippen LogP contribution in [0.2, 0.25) is 0 Å². The van der Waals surface area contributed by atoms with Gasteiger partial charge in [0, 0.05) is 45.2 Å². The summed E-state index contributed by atoms with van der Waals surface area (Å²) in [7, 11) is 1.64. The highest BCUT2D eigenvalue weighted by Gasteiger charge is 2.31. The first kappa shape index (κ1) is 12.5. The Hall–Kier alpha value is -0.980. The van der Waals surface area contributed by atoms with Crippen LogP contribution in [0.3, 0.4) is 0 Å². The summed E-state index contributed by atoms with van der Waals surface area (Å²) in [5.41, 5.74) is 5.98. The fraction of sp³-hybridized carbons (Fsp3) is 0.636. The maximum absolute atomic E-state index is 12.9. The number of nitrogens with two attached hydrogens (primary N) is 1. The lowest BCUT2D eigenvalue weighted by Gasteiger charge is -2.16. The van der Waals surface area contributed by atoms with Gasteiger partial charge in [-0.05, 0) is 0 Å². The van der Waals surface area contributed by atoms with Gasteiger partial charge in [-0.3, -0.25) is 4.90 Å². The number of aromatic nitrogens is 1. The Labute approximate surface area is 98.9 Å². The summed E-state index contributed by atoms with van der Waals surface area (Å²) >= 11 is 0. The smallest absolute Gasteiger partial charge is 0.176 e. The maximum Gasteiger partial charge on any atom is 0.176 e. The molecule has 0 unspecified atom stereocenters. The van der Waals surface area contributed by atoms with Gasteiger partial charge in [0.25, 0.3) is 0 Å². The van der Waals surface area contributed by atoms with E-state index in [4.69, 9.17) is 10.5 Å². The first-order valence-electron chi connectivity index (χ1n) is 5.61. The molecule has 0 amide bonds. The highest BCUT2D eigenvalue weighted by atomic mass is 19.2. The molecule has 2 N–H and O–H groups in total. The van der Waals surface area contributed by atoms with Crippen LogP contribution in [0.1, 0.15) is 6.04 Å². The lowest BCUT2D eigenvalue weighted by molar-refractivity contribution is 0.158. The minimum atomic E-state index is -0.826. The second kappa shape index (κ2) is 5.12. The molecular weight excluding hydrogens is 228 g/mol. The van der Waals surface area contributed by atoms with Crippen LogP contribution in [0.5, 0.6) is 0 Å². The van der Waals surface area contributed by atoms with Gasteiger partial charge in [0.2, 0.25) is 0 Å². The van der Waals surface area contributed by atoms with Gasteiger partial charge in [0.15, 0.2) is 11.6 Å². The van der Waals surface area contributed by atoms with E-state index in [2.05, 4.69) is 4.90 Å². The van der Waals surface area contributed by atoms with E-state index in [0.717, 1.165) is 13.1 Å². The molecular formula is C11H17F2N3O. The van der Waals surface area contributed by atoms with Crippen molar-refractivity contribution in [1.82, 2.24) is 9.47 Å². The van der Waals surface area contributed by atoms with Gasteiger partial charge >= 0.3 is 0 Å². The van der Waals surface area contributed by atoms with Crippen molar-refractivity contribution in [1.29, 1.82) is 0 Å². The molecule has 2 atom stereocenters. The molecule has 6 heteroatoms. The van der Waals surface area contributed by atoms with Crippen molar-refractivity contribution >= 4 is 0 Å². The maximum atomic E-state index is 12.9. The van der Waals surface area contributed by atoms with Gasteiger partial charge in [0.1, 0.15) is 0 Å². The van der Waals surface area contributed by atoms with E-state index in [9.17, 15) is 8.78 Å². The monoisotopic (exact) mass is 245 g/mol. The van der Waals surface area contributed by atoms with E-state index in [1.807, 2.05) is 0 Å². The summed E-state index contributed by atoms with van der Waals surface area (Å²) in [6.07, 6.45) is 2.33. The lowest BCUT2D eigenvalue weighted by Crippen LogP contribution is -2.31. The summed E-state index contributed by atoms with van der Waals surface area (Å²) in [6, 6.07) is -0.191. The van der Waals surface area contributed by atoms with E-state index >= 15 is 0 Å². The molecule has 0 radical (unpaired) electrons. The first-order chi connectivity index (χ1) is 8.11. The molecule has 1 saturated heterocycles. The Morgan fingerprint density at radius 2 is 2.00 bits per heavy atom. The molecule has 1 aromatic heterocycles. The van der Waals surface area contributed by atoms with Crippen molar-refractivity contribution in [2.75, 3.05) is 33.4 Å². The molecule has 0 saturated carbocycles. The first-order valence-corrected chi connectivity index (χ1v) is 5.61. The Morgan fingerprint density at radius 1 is 1.35 bits per heavy atom. The minimum absolute atomic E-state index is 0.0779. The van der Waals surface area contributed by atoms with Crippen LogP contribution in [0.25, 0.3) is 0 Å². The Balaban J connectivity index is 2.02. The normalized spacial score (nSPS) is 25.6. The molecule has 1 aliphatic rings.